The number of quaternary nitrogens is 1. The van der Waals surface area contributed by atoms with Crippen molar-refractivity contribution in [3.05, 3.63) is 70.3 Å². The molecule has 0 spiro atoms. The zero-order valence-electron chi connectivity index (χ0n) is 10.7. The van der Waals surface area contributed by atoms with Crippen molar-refractivity contribution >= 4 is 17.5 Å². The van der Waals surface area contributed by atoms with Crippen LogP contribution in [0, 0.1) is 0 Å². The van der Waals surface area contributed by atoms with Gasteiger partial charge in [0.25, 0.3) is 0 Å². The topological polar surface area (TPSA) is 111 Å². The van der Waals surface area contributed by atoms with Crippen LogP contribution in [0.3, 0.4) is 0 Å². The van der Waals surface area contributed by atoms with E-state index in [1.165, 1.54) is 18.2 Å². The van der Waals surface area contributed by atoms with Gasteiger partial charge in [0, 0.05) is 22.3 Å². The van der Waals surface area contributed by atoms with Crippen LogP contribution < -0.4 is 11.3 Å². The van der Waals surface area contributed by atoms with Gasteiger partial charge >= 0.3 is 0 Å². The third-order valence-corrected chi connectivity index (χ3v) is 3.16. The van der Waals surface area contributed by atoms with Crippen LogP contribution in [0.15, 0.2) is 42.5 Å². The zero-order valence-corrected chi connectivity index (χ0v) is 10.7. The van der Waals surface area contributed by atoms with Crippen molar-refractivity contribution in [2.24, 2.45) is 0 Å². The van der Waals surface area contributed by atoms with E-state index in [2.05, 4.69) is 0 Å². The number of carboxylic acids is 1. The number of aromatic carboxylic acids is 1. The van der Waals surface area contributed by atoms with E-state index in [1.807, 2.05) is 0 Å². The Labute approximate surface area is 114 Å². The molecular weight excluding hydrogens is 258 g/mol. The van der Waals surface area contributed by atoms with Gasteiger partial charge < -0.3 is 16.1 Å². The number of carbonyl (C=O) groups excluding carboxylic acids is 3. The van der Waals surface area contributed by atoms with Crippen molar-refractivity contribution in [3.63, 3.8) is 0 Å². The van der Waals surface area contributed by atoms with Crippen molar-refractivity contribution in [2.75, 3.05) is 0 Å². The molecule has 0 atom stereocenters. The molecule has 3 rings (SSSR count). The fourth-order valence-corrected chi connectivity index (χ4v) is 2.23. The van der Waals surface area contributed by atoms with Crippen molar-refractivity contribution in [1.82, 2.24) is 6.15 Å². The quantitative estimate of drug-likeness (QED) is 0.715. The highest BCUT2D eigenvalue weighted by Gasteiger charge is 2.29. The van der Waals surface area contributed by atoms with Crippen LogP contribution in [0.5, 0.6) is 0 Å². The molecule has 1 aliphatic carbocycles. The first kappa shape index (κ1) is 13.6. The normalized spacial score (nSPS) is 12.2. The molecule has 0 heterocycles. The van der Waals surface area contributed by atoms with Gasteiger partial charge in [-0.1, -0.05) is 30.3 Å². The maximum atomic E-state index is 12.3. The summed E-state index contributed by atoms with van der Waals surface area (Å²) in [6.45, 7) is 0. The molecule has 0 saturated heterocycles. The summed E-state index contributed by atoms with van der Waals surface area (Å²) in [7, 11) is 0. The van der Waals surface area contributed by atoms with Gasteiger partial charge in [0.2, 0.25) is 0 Å². The second kappa shape index (κ2) is 4.71. The summed E-state index contributed by atoms with van der Waals surface area (Å²) in [6, 6.07) is 10.3. The van der Waals surface area contributed by atoms with Crippen molar-refractivity contribution in [1.29, 1.82) is 0 Å². The van der Waals surface area contributed by atoms with Gasteiger partial charge in [-0.25, -0.2) is 0 Å². The third kappa shape index (κ3) is 1.81. The lowest BCUT2D eigenvalue weighted by molar-refractivity contribution is -0.255. The van der Waals surface area contributed by atoms with Gasteiger partial charge in [-0.05, 0) is 17.7 Å². The second-order valence-corrected chi connectivity index (χ2v) is 4.25. The molecule has 100 valence electrons. The molecule has 0 aliphatic heterocycles. The molecule has 0 saturated carbocycles. The molecule has 0 unspecified atom stereocenters. The van der Waals surface area contributed by atoms with E-state index in [0.29, 0.717) is 11.1 Å². The highest BCUT2D eigenvalue weighted by molar-refractivity contribution is 6.28. The molecule has 0 fully saturated rings. The highest BCUT2D eigenvalue weighted by Crippen LogP contribution is 2.27. The zero-order chi connectivity index (χ0) is 13.6. The number of fused-ring (bicyclic) bond motifs is 2. The minimum Gasteiger partial charge on any atom is -0.545 e. The lowest BCUT2D eigenvalue weighted by Gasteiger charge is -2.18. The van der Waals surface area contributed by atoms with Crippen molar-refractivity contribution < 1.29 is 19.5 Å². The van der Waals surface area contributed by atoms with E-state index in [4.69, 9.17) is 0 Å². The summed E-state index contributed by atoms with van der Waals surface area (Å²) in [5.41, 5.74) is 0.884. The van der Waals surface area contributed by atoms with Crippen LogP contribution in [0.4, 0.5) is 0 Å². The molecule has 0 radical (unpaired) electrons. The Hall–Kier alpha value is -2.79. The molecule has 0 aromatic heterocycles. The lowest BCUT2D eigenvalue weighted by Crippen LogP contribution is -2.25. The molecule has 5 nitrogen and oxygen atoms in total. The van der Waals surface area contributed by atoms with Crippen LogP contribution in [0.25, 0.3) is 0 Å². The maximum Gasteiger partial charge on any atom is 0.194 e. The van der Waals surface area contributed by atoms with Crippen LogP contribution in [0.1, 0.15) is 42.2 Å². The summed E-state index contributed by atoms with van der Waals surface area (Å²) in [5, 5.41) is 10.8. The SMILES string of the molecule is O=C([O-])c1ccc2c(c1)C(=O)c1ccccc1C2=O.[NH4+]. The monoisotopic (exact) mass is 269 g/mol. The Morgan fingerprint density at radius 3 is 1.85 bits per heavy atom. The number of ketones is 2. The molecule has 0 amide bonds. The Morgan fingerprint density at radius 2 is 1.30 bits per heavy atom. The van der Waals surface area contributed by atoms with E-state index in [9.17, 15) is 19.5 Å². The largest absolute Gasteiger partial charge is 0.545 e. The summed E-state index contributed by atoms with van der Waals surface area (Å²) in [6.07, 6.45) is 0. The second-order valence-electron chi connectivity index (χ2n) is 4.25. The van der Waals surface area contributed by atoms with E-state index >= 15 is 0 Å². The van der Waals surface area contributed by atoms with E-state index in [-0.39, 0.29) is 34.4 Å². The fourth-order valence-electron chi connectivity index (χ4n) is 2.23. The Bertz CT molecular complexity index is 749. The van der Waals surface area contributed by atoms with Crippen molar-refractivity contribution in [3.8, 4) is 0 Å². The first-order valence-corrected chi connectivity index (χ1v) is 5.63. The smallest absolute Gasteiger partial charge is 0.194 e. The molecule has 1 aliphatic rings. The van der Waals surface area contributed by atoms with E-state index < -0.39 is 5.97 Å². The van der Waals surface area contributed by atoms with Crippen LogP contribution >= 0.6 is 0 Å². The predicted octanol–water partition coefficient (Wildman–Crippen LogP) is 1.20. The molecule has 4 N–H and O–H groups in total. The van der Waals surface area contributed by atoms with Gasteiger partial charge in [0.05, 0.1) is 5.97 Å². The summed E-state index contributed by atoms with van der Waals surface area (Å²) in [4.78, 5) is 35.3. The third-order valence-electron chi connectivity index (χ3n) is 3.16. The number of hydrogen-bond donors (Lipinski definition) is 1. The maximum absolute atomic E-state index is 12.3. The van der Waals surface area contributed by atoms with Gasteiger partial charge in [-0.2, -0.15) is 0 Å². The van der Waals surface area contributed by atoms with E-state index in [0.717, 1.165) is 0 Å². The Balaban J connectivity index is 0.00000147. The predicted molar refractivity (Wildman–Crippen MR) is 70.1 cm³/mol. The first-order chi connectivity index (χ1) is 9.09. The first-order valence-electron chi connectivity index (χ1n) is 5.63. The van der Waals surface area contributed by atoms with Crippen LogP contribution in [-0.4, -0.2) is 17.5 Å². The van der Waals surface area contributed by atoms with Crippen LogP contribution in [0.2, 0.25) is 0 Å². The van der Waals surface area contributed by atoms with Gasteiger partial charge in [-0.3, -0.25) is 9.59 Å². The minimum atomic E-state index is -1.37. The molecule has 0 bridgehead atoms. The fraction of sp³-hybridized carbons (Fsp3) is 0. The number of benzene rings is 2. The van der Waals surface area contributed by atoms with Crippen LogP contribution in [-0.2, 0) is 0 Å². The average Bonchev–Trinajstić information content (AvgIpc) is 2.44. The molecular formula is C15H11NO4. The molecule has 20 heavy (non-hydrogen) atoms. The molecule has 2 aromatic rings. The molecule has 5 heteroatoms. The number of rotatable bonds is 1. The van der Waals surface area contributed by atoms with E-state index in [1.54, 1.807) is 24.3 Å². The summed E-state index contributed by atoms with van der Waals surface area (Å²) < 4.78 is 0. The minimum absolute atomic E-state index is 0. The lowest BCUT2D eigenvalue weighted by atomic mass is 9.83. The summed E-state index contributed by atoms with van der Waals surface area (Å²) >= 11 is 0. The number of carbonyl (C=O) groups is 3. The van der Waals surface area contributed by atoms with Gasteiger partial charge in [0.15, 0.2) is 11.6 Å². The van der Waals surface area contributed by atoms with Crippen molar-refractivity contribution in [2.45, 2.75) is 0 Å². The van der Waals surface area contributed by atoms with Gasteiger partial charge in [-0.15, -0.1) is 0 Å². The number of carboxylic acid groups (broad SMARTS) is 1. The summed E-state index contributed by atoms with van der Waals surface area (Å²) in [5.74, 6) is -1.98. The Morgan fingerprint density at radius 1 is 0.800 bits per heavy atom. The molecule has 2 aromatic carbocycles. The standard InChI is InChI=1S/C15H8O4.H3N/c16-13-9-3-1-2-4-10(9)14(17)12-7-8(15(18)19)5-6-11(12)13;/h1-7H,(H,18,19);1H3. The highest BCUT2D eigenvalue weighted by atomic mass is 16.4. The van der Waals surface area contributed by atoms with Gasteiger partial charge in [0.1, 0.15) is 0 Å². The Kier molecular flexibility index (Phi) is 3.21. The number of hydrogen-bond acceptors (Lipinski definition) is 4. The average molecular weight is 269 g/mol.